The Labute approximate surface area is 174 Å². The molecule has 1 heterocycles. The minimum atomic E-state index is -1.23. The maximum atomic E-state index is 11.6. The number of rotatable bonds is 10. The summed E-state index contributed by atoms with van der Waals surface area (Å²) in [6.07, 6.45) is -2.15. The molecule has 1 aromatic carbocycles. The van der Waals surface area contributed by atoms with Crippen molar-refractivity contribution < 1.29 is 33.3 Å². The maximum absolute atomic E-state index is 11.6. The molecule has 0 amide bonds. The lowest BCUT2D eigenvalue weighted by Gasteiger charge is -2.43. The molecule has 0 aliphatic carbocycles. The number of azide groups is 1. The summed E-state index contributed by atoms with van der Waals surface area (Å²) in [5.41, 5.74) is 9.94. The first kappa shape index (κ1) is 23.4. The van der Waals surface area contributed by atoms with Crippen molar-refractivity contribution in [2.24, 2.45) is 5.11 Å². The van der Waals surface area contributed by atoms with Crippen LogP contribution in [-0.2, 0) is 39.9 Å². The van der Waals surface area contributed by atoms with E-state index in [9.17, 15) is 9.59 Å². The van der Waals surface area contributed by atoms with Gasteiger partial charge in [-0.2, -0.15) is 0 Å². The molecule has 5 atom stereocenters. The molecule has 0 N–H and O–H groups in total. The SMILES string of the molecule is C=CCO[C@H]1[C@H](OCc2ccccc2)[C@@H](N=[N+]=[N-])C(OC(C)=O)O[C@@H]1COC(C)=O. The van der Waals surface area contributed by atoms with E-state index in [4.69, 9.17) is 29.2 Å². The first-order valence-corrected chi connectivity index (χ1v) is 9.34. The molecular weight excluding hydrogens is 394 g/mol. The van der Waals surface area contributed by atoms with Crippen LogP contribution < -0.4 is 0 Å². The summed E-state index contributed by atoms with van der Waals surface area (Å²) in [4.78, 5) is 25.7. The van der Waals surface area contributed by atoms with E-state index >= 15 is 0 Å². The molecule has 0 spiro atoms. The zero-order valence-corrected chi connectivity index (χ0v) is 16.9. The number of hydrogen-bond donors (Lipinski definition) is 0. The van der Waals surface area contributed by atoms with Gasteiger partial charge in [0.2, 0.25) is 6.29 Å². The summed E-state index contributed by atoms with van der Waals surface area (Å²) >= 11 is 0. The first-order valence-electron chi connectivity index (χ1n) is 9.34. The van der Waals surface area contributed by atoms with Crippen molar-refractivity contribution in [3.8, 4) is 0 Å². The topological polar surface area (TPSA) is 129 Å². The van der Waals surface area contributed by atoms with E-state index in [-0.39, 0.29) is 19.8 Å². The first-order chi connectivity index (χ1) is 14.5. The summed E-state index contributed by atoms with van der Waals surface area (Å²) in [5, 5.41) is 3.74. The summed E-state index contributed by atoms with van der Waals surface area (Å²) in [5.74, 6) is -1.14. The van der Waals surface area contributed by atoms with Crippen molar-refractivity contribution in [2.75, 3.05) is 13.2 Å². The fourth-order valence-corrected chi connectivity index (χ4v) is 3.01. The van der Waals surface area contributed by atoms with E-state index in [0.717, 1.165) is 5.56 Å². The second-order valence-corrected chi connectivity index (χ2v) is 6.50. The molecule has 1 aliphatic rings. The lowest BCUT2D eigenvalue weighted by atomic mass is 9.96. The molecule has 162 valence electrons. The van der Waals surface area contributed by atoms with Gasteiger partial charge in [-0.05, 0) is 11.1 Å². The molecule has 1 unspecified atom stereocenters. The zero-order valence-electron chi connectivity index (χ0n) is 16.9. The molecule has 1 fully saturated rings. The number of ether oxygens (including phenoxy) is 5. The highest BCUT2D eigenvalue weighted by Gasteiger charge is 2.49. The van der Waals surface area contributed by atoms with Gasteiger partial charge in [0.05, 0.1) is 13.2 Å². The molecule has 0 saturated carbocycles. The second-order valence-electron chi connectivity index (χ2n) is 6.50. The maximum Gasteiger partial charge on any atom is 0.304 e. The van der Waals surface area contributed by atoms with Crippen LogP contribution in [-0.4, -0.2) is 55.8 Å². The Balaban J connectivity index is 2.34. The second kappa shape index (κ2) is 11.9. The minimum absolute atomic E-state index is 0.150. The Morgan fingerprint density at radius 1 is 1.20 bits per heavy atom. The molecule has 0 radical (unpaired) electrons. The van der Waals surface area contributed by atoms with Gasteiger partial charge in [-0.15, -0.1) is 6.58 Å². The van der Waals surface area contributed by atoms with Crippen LogP contribution in [0.5, 0.6) is 0 Å². The Bertz CT molecular complexity index is 767. The van der Waals surface area contributed by atoms with Crippen LogP contribution in [0.25, 0.3) is 10.4 Å². The Hall–Kier alpha value is -2.91. The summed E-state index contributed by atoms with van der Waals surface area (Å²) < 4.78 is 28.0. The Kier molecular flexibility index (Phi) is 9.30. The van der Waals surface area contributed by atoms with Gasteiger partial charge in [-0.3, -0.25) is 9.59 Å². The number of hydrogen-bond acceptors (Lipinski definition) is 8. The summed E-state index contributed by atoms with van der Waals surface area (Å²) in [7, 11) is 0. The van der Waals surface area contributed by atoms with E-state index in [1.807, 2.05) is 30.3 Å². The van der Waals surface area contributed by atoms with Gasteiger partial charge in [0.1, 0.15) is 31.0 Å². The van der Waals surface area contributed by atoms with Gasteiger partial charge < -0.3 is 23.7 Å². The molecule has 2 rings (SSSR count). The van der Waals surface area contributed by atoms with Gasteiger partial charge in [0, 0.05) is 18.8 Å². The highest BCUT2D eigenvalue weighted by atomic mass is 16.7. The standard InChI is InChI=1S/C20H25N3O7/c1-4-10-26-18-16(12-27-13(2)24)30-20(29-14(3)25)17(22-23-21)19(18)28-11-15-8-6-5-7-9-15/h4-9,16-20H,1,10-12H2,2-3H3/t16-,17-,18-,19-,20?/m1/s1. The smallest absolute Gasteiger partial charge is 0.304 e. The lowest BCUT2D eigenvalue weighted by Crippen LogP contribution is -2.60. The van der Waals surface area contributed by atoms with Gasteiger partial charge in [-0.1, -0.05) is 41.5 Å². The monoisotopic (exact) mass is 419 g/mol. The van der Waals surface area contributed by atoms with Crippen molar-refractivity contribution in [1.82, 2.24) is 0 Å². The van der Waals surface area contributed by atoms with E-state index in [2.05, 4.69) is 16.6 Å². The van der Waals surface area contributed by atoms with Crippen LogP contribution in [0.15, 0.2) is 48.1 Å². The van der Waals surface area contributed by atoms with Crippen molar-refractivity contribution in [2.45, 2.75) is 51.1 Å². The molecule has 1 aromatic rings. The number of carbonyl (C=O) groups is 2. The molecule has 1 saturated heterocycles. The summed E-state index contributed by atoms with van der Waals surface area (Å²) in [6.45, 7) is 6.27. The van der Waals surface area contributed by atoms with E-state index in [0.29, 0.717) is 0 Å². The Morgan fingerprint density at radius 2 is 1.93 bits per heavy atom. The van der Waals surface area contributed by atoms with Crippen LogP contribution >= 0.6 is 0 Å². The quantitative estimate of drug-likeness (QED) is 0.187. The number of nitrogens with zero attached hydrogens (tertiary/aromatic N) is 3. The van der Waals surface area contributed by atoms with E-state index in [1.165, 1.54) is 19.9 Å². The largest absolute Gasteiger partial charge is 0.463 e. The van der Waals surface area contributed by atoms with Crippen molar-refractivity contribution >= 4 is 11.9 Å². The minimum Gasteiger partial charge on any atom is -0.463 e. The normalized spacial score (nSPS) is 25.6. The lowest BCUT2D eigenvalue weighted by molar-refractivity contribution is -0.274. The molecule has 0 bridgehead atoms. The van der Waals surface area contributed by atoms with Crippen LogP contribution in [0.3, 0.4) is 0 Å². The van der Waals surface area contributed by atoms with Crippen molar-refractivity contribution in [1.29, 1.82) is 0 Å². The fourth-order valence-electron chi connectivity index (χ4n) is 3.01. The van der Waals surface area contributed by atoms with Crippen LogP contribution in [0.1, 0.15) is 19.4 Å². The van der Waals surface area contributed by atoms with Gasteiger partial charge in [0.25, 0.3) is 0 Å². The number of benzene rings is 1. The molecule has 30 heavy (non-hydrogen) atoms. The molecule has 10 heteroatoms. The van der Waals surface area contributed by atoms with E-state index in [1.54, 1.807) is 0 Å². The highest BCUT2D eigenvalue weighted by molar-refractivity contribution is 5.66. The molecule has 1 aliphatic heterocycles. The van der Waals surface area contributed by atoms with E-state index < -0.39 is 42.6 Å². The highest BCUT2D eigenvalue weighted by Crippen LogP contribution is 2.30. The third kappa shape index (κ3) is 6.85. The third-order valence-electron chi connectivity index (χ3n) is 4.22. The number of carbonyl (C=O) groups excluding carboxylic acids is 2. The van der Waals surface area contributed by atoms with Crippen LogP contribution in [0, 0.1) is 0 Å². The van der Waals surface area contributed by atoms with Crippen LogP contribution in [0.2, 0.25) is 0 Å². The number of esters is 2. The fraction of sp³-hybridized carbons (Fsp3) is 0.500. The van der Waals surface area contributed by atoms with Crippen molar-refractivity contribution in [3.63, 3.8) is 0 Å². The predicted octanol–water partition coefficient (Wildman–Crippen LogP) is 2.67. The average molecular weight is 419 g/mol. The zero-order chi connectivity index (χ0) is 21.9. The third-order valence-corrected chi connectivity index (χ3v) is 4.22. The summed E-state index contributed by atoms with van der Waals surface area (Å²) in [6, 6.07) is 8.34. The van der Waals surface area contributed by atoms with Gasteiger partial charge in [0.15, 0.2) is 0 Å². The van der Waals surface area contributed by atoms with Crippen LogP contribution in [0.4, 0.5) is 0 Å². The van der Waals surface area contributed by atoms with Gasteiger partial charge in [-0.25, -0.2) is 0 Å². The van der Waals surface area contributed by atoms with Gasteiger partial charge >= 0.3 is 11.9 Å². The average Bonchev–Trinajstić information content (AvgIpc) is 2.71. The molecule has 0 aromatic heterocycles. The predicted molar refractivity (Wildman–Crippen MR) is 105 cm³/mol. The molecule has 10 nitrogen and oxygen atoms in total. The molecular formula is C20H25N3O7. The Morgan fingerprint density at radius 3 is 2.53 bits per heavy atom. The van der Waals surface area contributed by atoms with Crippen molar-refractivity contribution in [3.05, 3.63) is 59.0 Å².